The number of hydrogen-bond donors (Lipinski definition) is 0. The Bertz CT molecular complexity index is 454. The Labute approximate surface area is 117 Å². The van der Waals surface area contributed by atoms with Crippen LogP contribution in [0.4, 0.5) is 6.01 Å². The SMILES string of the molecule is CCC1(CC)CN(c2nc(C(C)C)no2)CCS1=O. The molecule has 2 heterocycles. The molecular formula is C13H23N3O2S. The highest BCUT2D eigenvalue weighted by atomic mass is 32.2. The monoisotopic (exact) mass is 285 g/mol. The summed E-state index contributed by atoms with van der Waals surface area (Å²) < 4.78 is 17.5. The Morgan fingerprint density at radius 3 is 2.63 bits per heavy atom. The Hall–Kier alpha value is -0.910. The van der Waals surface area contributed by atoms with Crippen molar-refractivity contribution >= 4 is 16.8 Å². The van der Waals surface area contributed by atoms with Crippen molar-refractivity contribution in [3.05, 3.63) is 5.82 Å². The lowest BCUT2D eigenvalue weighted by molar-refractivity contribution is 0.392. The zero-order chi connectivity index (χ0) is 14.0. The van der Waals surface area contributed by atoms with Crippen LogP contribution in [-0.2, 0) is 10.8 Å². The molecule has 0 N–H and O–H groups in total. The molecule has 1 aromatic heterocycles. The highest BCUT2D eigenvalue weighted by Crippen LogP contribution is 2.31. The summed E-state index contributed by atoms with van der Waals surface area (Å²) in [6.07, 6.45) is 1.83. The van der Waals surface area contributed by atoms with Crippen LogP contribution in [-0.4, -0.2) is 37.9 Å². The molecular weight excluding hydrogens is 262 g/mol. The van der Waals surface area contributed by atoms with E-state index in [4.69, 9.17) is 4.52 Å². The summed E-state index contributed by atoms with van der Waals surface area (Å²) in [5.74, 6) is 1.68. The zero-order valence-corrected chi connectivity index (χ0v) is 13.0. The van der Waals surface area contributed by atoms with Crippen LogP contribution in [0.2, 0.25) is 0 Å². The topological polar surface area (TPSA) is 59.2 Å². The van der Waals surface area contributed by atoms with E-state index in [2.05, 4.69) is 28.9 Å². The molecule has 0 spiro atoms. The molecule has 19 heavy (non-hydrogen) atoms. The van der Waals surface area contributed by atoms with Gasteiger partial charge in [-0.1, -0.05) is 32.9 Å². The minimum absolute atomic E-state index is 0.134. The molecule has 1 aliphatic rings. The second kappa shape index (κ2) is 5.61. The molecule has 6 heteroatoms. The summed E-state index contributed by atoms with van der Waals surface area (Å²) in [5.41, 5.74) is 0. The molecule has 1 aliphatic heterocycles. The third-order valence-electron chi connectivity index (χ3n) is 4.02. The molecule has 0 aliphatic carbocycles. The predicted molar refractivity (Wildman–Crippen MR) is 76.9 cm³/mol. The normalized spacial score (nSPS) is 23.0. The van der Waals surface area contributed by atoms with Gasteiger partial charge in [-0.25, -0.2) is 0 Å². The number of nitrogens with zero attached hydrogens (tertiary/aromatic N) is 3. The van der Waals surface area contributed by atoms with Gasteiger partial charge in [-0.2, -0.15) is 4.98 Å². The summed E-state index contributed by atoms with van der Waals surface area (Å²) in [6, 6.07) is 0.576. The maximum absolute atomic E-state index is 12.3. The van der Waals surface area contributed by atoms with Crippen LogP contribution in [0.3, 0.4) is 0 Å². The largest absolute Gasteiger partial charge is 0.324 e. The van der Waals surface area contributed by atoms with Gasteiger partial charge in [-0.05, 0) is 12.8 Å². The molecule has 1 saturated heterocycles. The van der Waals surface area contributed by atoms with Crippen LogP contribution >= 0.6 is 0 Å². The van der Waals surface area contributed by atoms with Crippen molar-refractivity contribution in [2.75, 3.05) is 23.7 Å². The van der Waals surface area contributed by atoms with Crippen LogP contribution in [0.25, 0.3) is 0 Å². The minimum Gasteiger partial charge on any atom is -0.322 e. The molecule has 0 amide bonds. The average Bonchev–Trinajstić information content (AvgIpc) is 2.89. The van der Waals surface area contributed by atoms with Gasteiger partial charge in [0.2, 0.25) is 0 Å². The van der Waals surface area contributed by atoms with E-state index >= 15 is 0 Å². The summed E-state index contributed by atoms with van der Waals surface area (Å²) in [5, 5.41) is 4.01. The molecule has 108 valence electrons. The van der Waals surface area contributed by atoms with Gasteiger partial charge < -0.3 is 9.42 Å². The van der Waals surface area contributed by atoms with Crippen molar-refractivity contribution in [2.45, 2.75) is 51.2 Å². The fourth-order valence-electron chi connectivity index (χ4n) is 2.46. The van der Waals surface area contributed by atoms with Crippen molar-refractivity contribution in [3.8, 4) is 0 Å². The van der Waals surface area contributed by atoms with Crippen LogP contribution in [0, 0.1) is 0 Å². The van der Waals surface area contributed by atoms with Crippen molar-refractivity contribution < 1.29 is 8.73 Å². The highest BCUT2D eigenvalue weighted by molar-refractivity contribution is 7.86. The van der Waals surface area contributed by atoms with E-state index in [1.54, 1.807) is 0 Å². The van der Waals surface area contributed by atoms with E-state index < -0.39 is 10.8 Å². The zero-order valence-electron chi connectivity index (χ0n) is 12.2. The lowest BCUT2D eigenvalue weighted by Gasteiger charge is -2.40. The Kier molecular flexibility index (Phi) is 4.28. The van der Waals surface area contributed by atoms with Gasteiger partial charge in [0, 0.05) is 35.6 Å². The molecule has 1 fully saturated rings. The summed E-state index contributed by atoms with van der Waals surface area (Å²) >= 11 is 0. The van der Waals surface area contributed by atoms with Crippen molar-refractivity contribution in [1.82, 2.24) is 10.1 Å². The molecule has 1 aromatic rings. The Balaban J connectivity index is 2.19. The first-order chi connectivity index (χ1) is 9.02. The number of rotatable bonds is 4. The van der Waals surface area contributed by atoms with Gasteiger partial charge in [0.05, 0.1) is 4.75 Å². The van der Waals surface area contributed by atoms with Gasteiger partial charge in [-0.15, -0.1) is 0 Å². The van der Waals surface area contributed by atoms with Gasteiger partial charge in [0.25, 0.3) is 0 Å². The lowest BCUT2D eigenvalue weighted by Crippen LogP contribution is -2.53. The quantitative estimate of drug-likeness (QED) is 0.849. The van der Waals surface area contributed by atoms with Crippen LogP contribution < -0.4 is 4.90 Å². The van der Waals surface area contributed by atoms with Gasteiger partial charge in [0.15, 0.2) is 5.82 Å². The predicted octanol–water partition coefficient (Wildman–Crippen LogP) is 2.32. The van der Waals surface area contributed by atoms with E-state index in [9.17, 15) is 4.21 Å². The molecule has 1 atom stereocenters. The Morgan fingerprint density at radius 1 is 1.42 bits per heavy atom. The summed E-state index contributed by atoms with van der Waals surface area (Å²) in [7, 11) is -0.765. The first kappa shape index (κ1) is 14.5. The van der Waals surface area contributed by atoms with Crippen molar-refractivity contribution in [1.29, 1.82) is 0 Å². The van der Waals surface area contributed by atoms with Gasteiger partial charge in [0.1, 0.15) is 0 Å². The third kappa shape index (κ3) is 2.68. The number of aromatic nitrogens is 2. The van der Waals surface area contributed by atoms with E-state index in [0.717, 1.165) is 31.8 Å². The minimum atomic E-state index is -0.765. The van der Waals surface area contributed by atoms with Crippen LogP contribution in [0.15, 0.2) is 4.52 Å². The molecule has 2 rings (SSSR count). The summed E-state index contributed by atoms with van der Waals surface area (Å²) in [4.78, 5) is 6.53. The maximum Gasteiger partial charge on any atom is 0.324 e. The molecule has 0 saturated carbocycles. The van der Waals surface area contributed by atoms with Crippen molar-refractivity contribution in [3.63, 3.8) is 0 Å². The third-order valence-corrected chi connectivity index (χ3v) is 6.24. The molecule has 0 radical (unpaired) electrons. The lowest BCUT2D eigenvalue weighted by atomic mass is 10.0. The molecule has 0 aromatic carbocycles. The van der Waals surface area contributed by atoms with Gasteiger partial charge >= 0.3 is 6.01 Å². The average molecular weight is 285 g/mol. The first-order valence-corrected chi connectivity index (χ1v) is 8.31. The van der Waals surface area contributed by atoms with E-state index in [0.29, 0.717) is 11.8 Å². The highest BCUT2D eigenvalue weighted by Gasteiger charge is 2.40. The molecule has 5 nitrogen and oxygen atoms in total. The summed E-state index contributed by atoms with van der Waals surface area (Å²) in [6.45, 7) is 9.78. The molecule has 1 unspecified atom stereocenters. The van der Waals surface area contributed by atoms with E-state index in [-0.39, 0.29) is 10.7 Å². The number of anilines is 1. The van der Waals surface area contributed by atoms with Gasteiger partial charge in [-0.3, -0.25) is 4.21 Å². The second-order valence-corrected chi connectivity index (χ2v) is 7.42. The maximum atomic E-state index is 12.3. The standard InChI is InChI=1S/C13H23N3O2S/c1-5-13(6-2)9-16(7-8-19(13)17)12-14-11(10(3)4)15-18-12/h10H,5-9H2,1-4H3. The first-order valence-electron chi connectivity index (χ1n) is 6.99. The smallest absolute Gasteiger partial charge is 0.322 e. The molecule has 0 bridgehead atoms. The van der Waals surface area contributed by atoms with Crippen LogP contribution in [0.1, 0.15) is 52.3 Å². The second-order valence-electron chi connectivity index (χ2n) is 5.45. The van der Waals surface area contributed by atoms with Crippen molar-refractivity contribution in [2.24, 2.45) is 0 Å². The number of hydrogen-bond acceptors (Lipinski definition) is 5. The van der Waals surface area contributed by atoms with E-state index in [1.165, 1.54) is 0 Å². The Morgan fingerprint density at radius 2 is 2.11 bits per heavy atom. The fourth-order valence-corrected chi connectivity index (χ4v) is 4.22. The van der Waals surface area contributed by atoms with E-state index in [1.807, 2.05) is 13.8 Å². The fraction of sp³-hybridized carbons (Fsp3) is 0.846. The van der Waals surface area contributed by atoms with Crippen LogP contribution in [0.5, 0.6) is 0 Å².